The molecule has 0 saturated carbocycles. The molecule has 1 aromatic heterocycles. The third-order valence-corrected chi connectivity index (χ3v) is 4.33. The predicted octanol–water partition coefficient (Wildman–Crippen LogP) is 2.43. The van der Waals surface area contributed by atoms with Gasteiger partial charge in [0.2, 0.25) is 0 Å². The zero-order valence-electron chi connectivity index (χ0n) is 14.2. The van der Waals surface area contributed by atoms with Gasteiger partial charge in [0.15, 0.2) is 6.61 Å². The Hall–Kier alpha value is -2.44. The topological polar surface area (TPSA) is 71.9 Å². The highest BCUT2D eigenvalue weighted by molar-refractivity contribution is 5.69. The fourth-order valence-corrected chi connectivity index (χ4v) is 3.05. The van der Waals surface area contributed by atoms with E-state index < -0.39 is 5.97 Å². The maximum absolute atomic E-state index is 10.8. The van der Waals surface area contributed by atoms with E-state index in [1.54, 1.807) is 13.3 Å². The summed E-state index contributed by atoms with van der Waals surface area (Å²) in [5.74, 6) is -0.386. The fraction of sp³-hybridized carbons (Fsp3) is 0.368. The fourth-order valence-electron chi connectivity index (χ4n) is 3.05. The number of rotatable bonds is 7. The van der Waals surface area contributed by atoms with E-state index in [1.165, 1.54) is 0 Å². The van der Waals surface area contributed by atoms with Gasteiger partial charge in [-0.25, -0.2) is 4.79 Å². The Morgan fingerprint density at radius 1 is 1.36 bits per heavy atom. The number of likely N-dealkylation sites (tertiary alicyclic amines) is 1. The van der Waals surface area contributed by atoms with Crippen LogP contribution in [0.4, 0.5) is 0 Å². The number of nitrogens with zero attached hydrogens (tertiary/aromatic N) is 2. The van der Waals surface area contributed by atoms with Gasteiger partial charge in [-0.15, -0.1) is 0 Å². The van der Waals surface area contributed by atoms with E-state index in [0.29, 0.717) is 12.3 Å². The van der Waals surface area contributed by atoms with Crippen LogP contribution in [0.2, 0.25) is 0 Å². The van der Waals surface area contributed by atoms with Crippen molar-refractivity contribution < 1.29 is 19.4 Å². The normalized spacial score (nSPS) is 17.6. The Labute approximate surface area is 147 Å². The van der Waals surface area contributed by atoms with Crippen molar-refractivity contribution in [2.45, 2.75) is 19.1 Å². The summed E-state index contributed by atoms with van der Waals surface area (Å²) in [5.41, 5.74) is 2.83. The molecule has 0 spiro atoms. The summed E-state index contributed by atoms with van der Waals surface area (Å²) in [5, 5.41) is 8.89. The molecule has 6 heteroatoms. The van der Waals surface area contributed by atoms with Gasteiger partial charge in [-0.1, -0.05) is 6.07 Å². The van der Waals surface area contributed by atoms with Crippen LogP contribution in [0.15, 0.2) is 42.6 Å². The molecule has 2 heterocycles. The Balaban J connectivity index is 1.84. The predicted molar refractivity (Wildman–Crippen MR) is 93.5 cm³/mol. The minimum atomic E-state index is -0.986. The van der Waals surface area contributed by atoms with E-state index in [9.17, 15) is 4.79 Å². The highest BCUT2D eigenvalue weighted by Gasteiger charge is 2.23. The molecule has 0 unspecified atom stereocenters. The van der Waals surface area contributed by atoms with Crippen LogP contribution >= 0.6 is 0 Å². The van der Waals surface area contributed by atoms with E-state index in [0.717, 1.165) is 36.3 Å². The lowest BCUT2D eigenvalue weighted by Crippen LogP contribution is -2.23. The summed E-state index contributed by atoms with van der Waals surface area (Å²) in [6.07, 6.45) is 3.01. The number of methoxy groups -OCH3 is 1. The number of aliphatic carboxylic acids is 1. The summed E-state index contributed by atoms with van der Waals surface area (Å²) in [6, 6.07) is 11.5. The standard InChI is InChI=1S/C19H22N2O4/c1-24-16-7-9-21(12-16)11-15-10-14(17-4-2-3-8-20-17)5-6-18(15)25-13-19(22)23/h2-6,8,10,16H,7,9,11-13H2,1H3,(H,22,23)/t16-/m1/s1. The molecule has 0 aliphatic carbocycles. The molecule has 3 rings (SSSR count). The molecule has 1 N–H and O–H groups in total. The first-order valence-corrected chi connectivity index (χ1v) is 8.30. The SMILES string of the molecule is CO[C@@H]1CCN(Cc2cc(-c3ccccn3)ccc2OCC(=O)O)C1. The van der Waals surface area contributed by atoms with Crippen LogP contribution in [0.1, 0.15) is 12.0 Å². The van der Waals surface area contributed by atoms with E-state index in [1.807, 2.05) is 36.4 Å². The summed E-state index contributed by atoms with van der Waals surface area (Å²) in [4.78, 5) is 17.5. The van der Waals surface area contributed by atoms with Gasteiger partial charge in [-0.3, -0.25) is 9.88 Å². The van der Waals surface area contributed by atoms with Crippen molar-refractivity contribution >= 4 is 5.97 Å². The van der Waals surface area contributed by atoms with Crippen molar-refractivity contribution in [3.63, 3.8) is 0 Å². The molecule has 25 heavy (non-hydrogen) atoms. The Morgan fingerprint density at radius 3 is 2.92 bits per heavy atom. The first-order chi connectivity index (χ1) is 12.2. The van der Waals surface area contributed by atoms with Crippen LogP contribution in [0.5, 0.6) is 5.75 Å². The lowest BCUT2D eigenvalue weighted by molar-refractivity contribution is -0.139. The van der Waals surface area contributed by atoms with E-state index in [2.05, 4.69) is 9.88 Å². The first kappa shape index (κ1) is 17.4. The van der Waals surface area contributed by atoms with Crippen molar-refractivity contribution in [2.75, 3.05) is 26.8 Å². The van der Waals surface area contributed by atoms with Crippen molar-refractivity contribution in [2.24, 2.45) is 0 Å². The highest BCUT2D eigenvalue weighted by Crippen LogP contribution is 2.28. The van der Waals surface area contributed by atoms with Crippen LogP contribution in [0, 0.1) is 0 Å². The Kier molecular flexibility index (Phi) is 5.63. The first-order valence-electron chi connectivity index (χ1n) is 8.30. The van der Waals surface area contributed by atoms with Crippen LogP contribution in [0.3, 0.4) is 0 Å². The lowest BCUT2D eigenvalue weighted by Gasteiger charge is -2.19. The molecule has 1 aliphatic rings. The molecule has 0 bridgehead atoms. The number of hydrogen-bond acceptors (Lipinski definition) is 5. The molecular weight excluding hydrogens is 320 g/mol. The number of carbonyl (C=O) groups is 1. The van der Waals surface area contributed by atoms with Gasteiger partial charge in [-0.05, 0) is 36.8 Å². The number of benzene rings is 1. The molecule has 0 amide bonds. The zero-order valence-corrected chi connectivity index (χ0v) is 14.2. The number of pyridine rings is 1. The second-order valence-electron chi connectivity index (χ2n) is 6.10. The number of ether oxygens (including phenoxy) is 2. The van der Waals surface area contributed by atoms with E-state index in [4.69, 9.17) is 14.6 Å². The van der Waals surface area contributed by atoms with Gasteiger partial charge in [0.25, 0.3) is 0 Å². The molecule has 1 saturated heterocycles. The average Bonchev–Trinajstić information content (AvgIpc) is 3.09. The quantitative estimate of drug-likeness (QED) is 0.833. The summed E-state index contributed by atoms with van der Waals surface area (Å²) < 4.78 is 10.9. The molecule has 2 aromatic rings. The summed E-state index contributed by atoms with van der Waals surface area (Å²) in [6.45, 7) is 2.15. The second-order valence-corrected chi connectivity index (χ2v) is 6.10. The minimum Gasteiger partial charge on any atom is -0.482 e. The Morgan fingerprint density at radius 2 is 2.24 bits per heavy atom. The van der Waals surface area contributed by atoms with Gasteiger partial charge in [0, 0.05) is 44.1 Å². The Bertz CT molecular complexity index is 721. The number of carboxylic acids is 1. The van der Waals surface area contributed by atoms with E-state index in [-0.39, 0.29) is 12.7 Å². The number of hydrogen-bond donors (Lipinski definition) is 1. The minimum absolute atomic E-state index is 0.252. The van der Waals surface area contributed by atoms with Gasteiger partial charge in [0.1, 0.15) is 5.75 Å². The smallest absolute Gasteiger partial charge is 0.341 e. The largest absolute Gasteiger partial charge is 0.482 e. The van der Waals surface area contributed by atoms with Crippen LogP contribution in [-0.2, 0) is 16.1 Å². The molecular formula is C19H22N2O4. The van der Waals surface area contributed by atoms with Crippen molar-refractivity contribution in [3.8, 4) is 17.0 Å². The monoisotopic (exact) mass is 342 g/mol. The van der Waals surface area contributed by atoms with Gasteiger partial charge in [0.05, 0.1) is 11.8 Å². The highest BCUT2D eigenvalue weighted by atomic mass is 16.5. The number of carboxylic acid groups (broad SMARTS) is 1. The van der Waals surface area contributed by atoms with E-state index >= 15 is 0 Å². The zero-order chi connectivity index (χ0) is 17.6. The average molecular weight is 342 g/mol. The third-order valence-electron chi connectivity index (χ3n) is 4.33. The van der Waals surface area contributed by atoms with Crippen LogP contribution in [-0.4, -0.2) is 53.9 Å². The molecule has 1 aliphatic heterocycles. The third kappa shape index (κ3) is 4.55. The molecule has 0 radical (unpaired) electrons. The van der Waals surface area contributed by atoms with Crippen LogP contribution < -0.4 is 4.74 Å². The maximum Gasteiger partial charge on any atom is 0.341 e. The lowest BCUT2D eigenvalue weighted by atomic mass is 10.1. The number of aromatic nitrogens is 1. The molecule has 1 fully saturated rings. The van der Waals surface area contributed by atoms with Crippen molar-refractivity contribution in [1.82, 2.24) is 9.88 Å². The van der Waals surface area contributed by atoms with Crippen molar-refractivity contribution in [1.29, 1.82) is 0 Å². The maximum atomic E-state index is 10.8. The molecule has 6 nitrogen and oxygen atoms in total. The summed E-state index contributed by atoms with van der Waals surface area (Å²) >= 11 is 0. The summed E-state index contributed by atoms with van der Waals surface area (Å²) in [7, 11) is 1.73. The molecule has 132 valence electrons. The van der Waals surface area contributed by atoms with Gasteiger partial charge < -0.3 is 14.6 Å². The van der Waals surface area contributed by atoms with Crippen LogP contribution in [0.25, 0.3) is 11.3 Å². The second kappa shape index (κ2) is 8.09. The van der Waals surface area contributed by atoms with Gasteiger partial charge in [-0.2, -0.15) is 0 Å². The molecule has 1 atom stereocenters. The van der Waals surface area contributed by atoms with Crippen molar-refractivity contribution in [3.05, 3.63) is 48.2 Å². The molecule has 1 aromatic carbocycles. The van der Waals surface area contributed by atoms with Gasteiger partial charge >= 0.3 is 5.97 Å².